The molecule has 0 radical (unpaired) electrons. The number of nitrogens with one attached hydrogen (secondary N) is 1. The Bertz CT molecular complexity index is 497. The molecule has 3 heteroatoms. The topological polar surface area (TPSA) is 47.3 Å². The third kappa shape index (κ3) is 2.57. The van der Waals surface area contributed by atoms with Crippen molar-refractivity contribution in [3.8, 4) is 0 Å². The van der Waals surface area contributed by atoms with Crippen molar-refractivity contribution < 1.29 is 4.74 Å². The van der Waals surface area contributed by atoms with Gasteiger partial charge in [0.2, 0.25) is 0 Å². The van der Waals surface area contributed by atoms with Gasteiger partial charge in [-0.05, 0) is 17.0 Å². The van der Waals surface area contributed by atoms with E-state index in [1.807, 2.05) is 12.1 Å². The van der Waals surface area contributed by atoms with Crippen LogP contribution in [0, 0.1) is 0 Å². The van der Waals surface area contributed by atoms with E-state index >= 15 is 0 Å². The predicted octanol–water partition coefficient (Wildman–Crippen LogP) is 2.36. The quantitative estimate of drug-likeness (QED) is 0.775. The standard InChI is InChI=1S/C14H18N2O/c1-17-9-8-16-14-7-6-11(10-15)12-4-2-3-5-13(12)14/h2-7,16H,8-10,15H2,1H3. The number of ether oxygens (including phenoxy) is 1. The average Bonchev–Trinajstić information content (AvgIpc) is 2.39. The molecule has 0 saturated carbocycles. The lowest BCUT2D eigenvalue weighted by molar-refractivity contribution is 0.211. The van der Waals surface area contributed by atoms with E-state index in [-0.39, 0.29) is 0 Å². The van der Waals surface area contributed by atoms with Gasteiger partial charge in [-0.1, -0.05) is 30.3 Å². The van der Waals surface area contributed by atoms with E-state index in [9.17, 15) is 0 Å². The molecule has 0 aliphatic rings. The summed E-state index contributed by atoms with van der Waals surface area (Å²) in [5.41, 5.74) is 8.06. The van der Waals surface area contributed by atoms with Crippen LogP contribution in [0.4, 0.5) is 5.69 Å². The second kappa shape index (κ2) is 5.66. The van der Waals surface area contributed by atoms with Crippen molar-refractivity contribution >= 4 is 16.5 Å². The maximum absolute atomic E-state index is 5.75. The van der Waals surface area contributed by atoms with E-state index in [2.05, 4.69) is 29.6 Å². The fraction of sp³-hybridized carbons (Fsp3) is 0.286. The Balaban J connectivity index is 2.37. The number of anilines is 1. The van der Waals surface area contributed by atoms with Gasteiger partial charge in [-0.15, -0.1) is 0 Å². The van der Waals surface area contributed by atoms with Gasteiger partial charge in [0, 0.05) is 31.3 Å². The molecule has 90 valence electrons. The number of rotatable bonds is 5. The van der Waals surface area contributed by atoms with Crippen LogP contribution < -0.4 is 11.1 Å². The van der Waals surface area contributed by atoms with Crippen LogP contribution >= 0.6 is 0 Å². The number of fused-ring (bicyclic) bond motifs is 1. The summed E-state index contributed by atoms with van der Waals surface area (Å²) in [6.45, 7) is 2.08. The maximum atomic E-state index is 5.75. The first-order valence-corrected chi connectivity index (χ1v) is 5.80. The first-order chi connectivity index (χ1) is 8.36. The molecule has 2 aromatic carbocycles. The highest BCUT2D eigenvalue weighted by Gasteiger charge is 2.03. The van der Waals surface area contributed by atoms with E-state index < -0.39 is 0 Å². The normalized spacial score (nSPS) is 10.7. The molecule has 2 aromatic rings. The first-order valence-electron chi connectivity index (χ1n) is 5.80. The molecule has 0 heterocycles. The van der Waals surface area contributed by atoms with E-state index in [0.29, 0.717) is 13.2 Å². The number of hydrogen-bond acceptors (Lipinski definition) is 3. The summed E-state index contributed by atoms with van der Waals surface area (Å²) in [5.74, 6) is 0. The summed E-state index contributed by atoms with van der Waals surface area (Å²) in [5, 5.41) is 5.81. The minimum Gasteiger partial charge on any atom is -0.383 e. The molecule has 0 aromatic heterocycles. The molecule has 0 aliphatic heterocycles. The molecule has 17 heavy (non-hydrogen) atoms. The minimum absolute atomic E-state index is 0.568. The van der Waals surface area contributed by atoms with Gasteiger partial charge in [0.15, 0.2) is 0 Å². The lowest BCUT2D eigenvalue weighted by Gasteiger charge is -2.12. The highest BCUT2D eigenvalue weighted by atomic mass is 16.5. The van der Waals surface area contributed by atoms with Crippen LogP contribution in [0.5, 0.6) is 0 Å². The van der Waals surface area contributed by atoms with Crippen molar-refractivity contribution in [1.29, 1.82) is 0 Å². The summed E-state index contributed by atoms with van der Waals surface area (Å²) >= 11 is 0. The third-order valence-electron chi connectivity index (χ3n) is 2.86. The largest absolute Gasteiger partial charge is 0.383 e. The third-order valence-corrected chi connectivity index (χ3v) is 2.86. The molecule has 0 aliphatic carbocycles. The maximum Gasteiger partial charge on any atom is 0.0635 e. The second-order valence-corrected chi connectivity index (χ2v) is 3.94. The van der Waals surface area contributed by atoms with Crippen LogP contribution in [-0.4, -0.2) is 20.3 Å². The first kappa shape index (κ1) is 11.9. The lowest BCUT2D eigenvalue weighted by Crippen LogP contribution is -2.08. The van der Waals surface area contributed by atoms with Gasteiger partial charge in [-0.2, -0.15) is 0 Å². The molecule has 0 unspecified atom stereocenters. The van der Waals surface area contributed by atoms with Crippen molar-refractivity contribution in [2.75, 3.05) is 25.6 Å². The van der Waals surface area contributed by atoms with E-state index in [1.54, 1.807) is 7.11 Å². The van der Waals surface area contributed by atoms with Crippen LogP contribution in [0.2, 0.25) is 0 Å². The zero-order chi connectivity index (χ0) is 12.1. The summed E-state index contributed by atoms with van der Waals surface area (Å²) in [7, 11) is 1.71. The molecule has 3 N–H and O–H groups in total. The second-order valence-electron chi connectivity index (χ2n) is 3.94. The van der Waals surface area contributed by atoms with E-state index in [4.69, 9.17) is 10.5 Å². The molecule has 0 saturated heterocycles. The average molecular weight is 230 g/mol. The van der Waals surface area contributed by atoms with Gasteiger partial charge in [0.05, 0.1) is 6.61 Å². The molecule has 2 rings (SSSR count). The number of hydrogen-bond donors (Lipinski definition) is 2. The lowest BCUT2D eigenvalue weighted by atomic mass is 10.0. The van der Waals surface area contributed by atoms with Crippen LogP contribution in [0.3, 0.4) is 0 Å². The molecular formula is C14H18N2O. The molecule has 0 bridgehead atoms. The minimum atomic E-state index is 0.568. The molecule has 3 nitrogen and oxygen atoms in total. The summed E-state index contributed by atoms with van der Waals surface area (Å²) in [6, 6.07) is 12.5. The SMILES string of the molecule is COCCNc1ccc(CN)c2ccccc12. The monoisotopic (exact) mass is 230 g/mol. The van der Waals surface area contributed by atoms with Crippen molar-refractivity contribution in [1.82, 2.24) is 0 Å². The fourth-order valence-electron chi connectivity index (χ4n) is 1.98. The van der Waals surface area contributed by atoms with Gasteiger partial charge in [0.25, 0.3) is 0 Å². The highest BCUT2D eigenvalue weighted by Crippen LogP contribution is 2.26. The molecule has 0 atom stereocenters. The Morgan fingerprint density at radius 3 is 2.59 bits per heavy atom. The Morgan fingerprint density at radius 1 is 1.12 bits per heavy atom. The number of benzene rings is 2. The predicted molar refractivity (Wildman–Crippen MR) is 72.2 cm³/mol. The van der Waals surface area contributed by atoms with Crippen LogP contribution in [0.25, 0.3) is 10.8 Å². The Labute approximate surface area is 102 Å². The molecule has 0 amide bonds. The van der Waals surface area contributed by atoms with Crippen molar-refractivity contribution in [3.05, 3.63) is 42.0 Å². The Hall–Kier alpha value is -1.58. The van der Waals surface area contributed by atoms with Gasteiger partial charge in [-0.25, -0.2) is 0 Å². The van der Waals surface area contributed by atoms with Gasteiger partial charge < -0.3 is 15.8 Å². The van der Waals surface area contributed by atoms with Crippen LogP contribution in [-0.2, 0) is 11.3 Å². The molecule has 0 fully saturated rings. The van der Waals surface area contributed by atoms with Crippen molar-refractivity contribution in [2.45, 2.75) is 6.54 Å². The highest BCUT2D eigenvalue weighted by molar-refractivity contribution is 5.96. The zero-order valence-corrected chi connectivity index (χ0v) is 10.1. The summed E-state index contributed by atoms with van der Waals surface area (Å²) in [6.07, 6.45) is 0. The van der Waals surface area contributed by atoms with Crippen LogP contribution in [0.15, 0.2) is 36.4 Å². The molecule has 0 spiro atoms. The Morgan fingerprint density at radius 2 is 1.88 bits per heavy atom. The van der Waals surface area contributed by atoms with Gasteiger partial charge >= 0.3 is 0 Å². The number of methoxy groups -OCH3 is 1. The summed E-state index contributed by atoms with van der Waals surface area (Å²) < 4.78 is 5.04. The zero-order valence-electron chi connectivity index (χ0n) is 10.1. The van der Waals surface area contributed by atoms with Crippen molar-refractivity contribution in [2.24, 2.45) is 5.73 Å². The smallest absolute Gasteiger partial charge is 0.0635 e. The van der Waals surface area contributed by atoms with Crippen molar-refractivity contribution in [3.63, 3.8) is 0 Å². The van der Waals surface area contributed by atoms with Gasteiger partial charge in [-0.3, -0.25) is 0 Å². The Kier molecular flexibility index (Phi) is 3.96. The van der Waals surface area contributed by atoms with E-state index in [1.165, 1.54) is 16.3 Å². The number of nitrogens with two attached hydrogens (primary N) is 1. The fourth-order valence-corrected chi connectivity index (χ4v) is 1.98. The van der Waals surface area contributed by atoms with E-state index in [0.717, 1.165) is 12.2 Å². The van der Waals surface area contributed by atoms with Crippen LogP contribution in [0.1, 0.15) is 5.56 Å². The molecular weight excluding hydrogens is 212 g/mol. The summed E-state index contributed by atoms with van der Waals surface area (Å²) in [4.78, 5) is 0. The van der Waals surface area contributed by atoms with Gasteiger partial charge in [0.1, 0.15) is 0 Å².